The first-order valence-corrected chi connectivity index (χ1v) is 4.84. The van der Waals surface area contributed by atoms with Crippen LogP contribution >= 0.6 is 0 Å². The summed E-state index contributed by atoms with van der Waals surface area (Å²) in [6.07, 6.45) is 0. The van der Waals surface area contributed by atoms with Gasteiger partial charge >= 0.3 is 5.97 Å². The number of carbonyl (C=O) groups is 2. The Morgan fingerprint density at radius 1 is 1.50 bits per heavy atom. The lowest BCUT2D eigenvalue weighted by Gasteiger charge is -2.25. The van der Waals surface area contributed by atoms with E-state index in [9.17, 15) is 9.59 Å². The zero-order chi connectivity index (χ0) is 11.5. The van der Waals surface area contributed by atoms with Gasteiger partial charge in [0.15, 0.2) is 0 Å². The summed E-state index contributed by atoms with van der Waals surface area (Å²) in [5.74, 6) is -0.873. The number of carbonyl (C=O) groups excluding carboxylic acids is 1. The van der Waals surface area contributed by atoms with Crippen LogP contribution in [-0.2, 0) is 16.1 Å². The molecule has 0 saturated carbocycles. The van der Waals surface area contributed by atoms with Crippen LogP contribution in [0.25, 0.3) is 0 Å². The number of carboxylic acid groups (broad SMARTS) is 1. The Morgan fingerprint density at radius 3 is 2.94 bits per heavy atom. The second-order valence-corrected chi connectivity index (χ2v) is 3.44. The molecule has 1 N–H and O–H groups in total. The highest BCUT2D eigenvalue weighted by molar-refractivity contribution is 5.84. The van der Waals surface area contributed by atoms with Crippen LogP contribution in [0.15, 0.2) is 16.5 Å². The molecule has 16 heavy (non-hydrogen) atoms. The summed E-state index contributed by atoms with van der Waals surface area (Å²) >= 11 is 0. The Kier molecular flexibility index (Phi) is 2.91. The molecule has 0 spiro atoms. The van der Waals surface area contributed by atoms with Crippen molar-refractivity contribution >= 4 is 11.9 Å². The molecule has 6 nitrogen and oxygen atoms in total. The summed E-state index contributed by atoms with van der Waals surface area (Å²) < 4.78 is 10.0. The summed E-state index contributed by atoms with van der Waals surface area (Å²) in [6, 6.07) is 2.94. The molecule has 1 aromatic heterocycles. The molecule has 1 aliphatic rings. The minimum atomic E-state index is -1.11. The molecule has 1 amide bonds. The van der Waals surface area contributed by atoms with E-state index >= 15 is 0 Å². The first kappa shape index (κ1) is 10.7. The molecule has 0 aromatic carbocycles. The maximum absolute atomic E-state index is 11.4. The van der Waals surface area contributed by atoms with Crippen molar-refractivity contribution in [2.24, 2.45) is 0 Å². The van der Waals surface area contributed by atoms with Gasteiger partial charge in [-0.1, -0.05) is 0 Å². The number of aromatic carboxylic acids is 1. The molecule has 0 atom stereocenters. The van der Waals surface area contributed by atoms with Crippen LogP contribution in [0.5, 0.6) is 0 Å². The minimum absolute atomic E-state index is 0.0759. The number of furan rings is 1. The van der Waals surface area contributed by atoms with Crippen molar-refractivity contribution in [1.82, 2.24) is 4.90 Å². The van der Waals surface area contributed by atoms with Gasteiger partial charge in [-0.3, -0.25) is 4.79 Å². The highest BCUT2D eigenvalue weighted by Crippen LogP contribution is 2.12. The predicted octanol–water partition coefficient (Wildman–Crippen LogP) is 0.337. The van der Waals surface area contributed by atoms with Crippen molar-refractivity contribution in [3.8, 4) is 0 Å². The quantitative estimate of drug-likeness (QED) is 0.802. The van der Waals surface area contributed by atoms with Gasteiger partial charge in [-0.2, -0.15) is 0 Å². The molecule has 0 radical (unpaired) electrons. The van der Waals surface area contributed by atoms with Crippen LogP contribution in [-0.4, -0.2) is 41.6 Å². The summed E-state index contributed by atoms with van der Waals surface area (Å²) in [5, 5.41) is 8.66. The summed E-state index contributed by atoms with van der Waals surface area (Å²) in [5.41, 5.74) is 0. The lowest BCUT2D eigenvalue weighted by atomic mass is 10.3. The molecule has 2 rings (SSSR count). The van der Waals surface area contributed by atoms with E-state index in [4.69, 9.17) is 14.3 Å². The zero-order valence-corrected chi connectivity index (χ0v) is 8.51. The molecule has 1 aromatic rings. The number of amides is 1. The van der Waals surface area contributed by atoms with E-state index in [-0.39, 0.29) is 24.8 Å². The summed E-state index contributed by atoms with van der Waals surface area (Å²) in [7, 11) is 0. The normalized spacial score (nSPS) is 16.5. The molecule has 2 heterocycles. The molecular formula is C10H11NO5. The van der Waals surface area contributed by atoms with E-state index in [1.54, 1.807) is 11.0 Å². The fourth-order valence-corrected chi connectivity index (χ4v) is 1.48. The average molecular weight is 225 g/mol. The second kappa shape index (κ2) is 4.36. The van der Waals surface area contributed by atoms with E-state index in [1.165, 1.54) is 6.07 Å². The van der Waals surface area contributed by atoms with Crippen molar-refractivity contribution in [1.29, 1.82) is 0 Å². The third kappa shape index (κ3) is 2.22. The Balaban J connectivity index is 2.02. The van der Waals surface area contributed by atoms with E-state index < -0.39 is 5.97 Å². The Hall–Kier alpha value is -1.82. The molecule has 0 aliphatic carbocycles. The SMILES string of the molecule is O=C(O)c1ccc(CN2CCOCC2=O)o1. The largest absolute Gasteiger partial charge is 0.475 e. The molecule has 1 aliphatic heterocycles. The number of rotatable bonds is 3. The summed E-state index contributed by atoms with van der Waals surface area (Å²) in [4.78, 5) is 23.5. The Labute approximate surface area is 91.4 Å². The fourth-order valence-electron chi connectivity index (χ4n) is 1.48. The van der Waals surface area contributed by atoms with Gasteiger partial charge in [-0.05, 0) is 12.1 Å². The number of morpholine rings is 1. The molecule has 0 unspecified atom stereocenters. The van der Waals surface area contributed by atoms with Crippen LogP contribution in [0.1, 0.15) is 16.3 Å². The minimum Gasteiger partial charge on any atom is -0.475 e. The number of ether oxygens (including phenoxy) is 1. The van der Waals surface area contributed by atoms with E-state index in [0.717, 1.165) is 0 Å². The summed E-state index contributed by atoms with van der Waals surface area (Å²) in [6.45, 7) is 1.36. The second-order valence-electron chi connectivity index (χ2n) is 3.44. The van der Waals surface area contributed by atoms with Crippen molar-refractivity contribution < 1.29 is 23.8 Å². The number of nitrogens with zero attached hydrogens (tertiary/aromatic N) is 1. The van der Waals surface area contributed by atoms with Gasteiger partial charge < -0.3 is 19.2 Å². The van der Waals surface area contributed by atoms with Gasteiger partial charge in [0.1, 0.15) is 12.4 Å². The van der Waals surface area contributed by atoms with E-state index in [1.807, 2.05) is 0 Å². The van der Waals surface area contributed by atoms with Crippen LogP contribution < -0.4 is 0 Å². The number of hydrogen-bond acceptors (Lipinski definition) is 4. The molecule has 1 saturated heterocycles. The lowest BCUT2D eigenvalue weighted by molar-refractivity contribution is -0.143. The molecule has 0 bridgehead atoms. The van der Waals surface area contributed by atoms with Crippen molar-refractivity contribution in [2.45, 2.75) is 6.54 Å². The first-order chi connectivity index (χ1) is 7.66. The van der Waals surface area contributed by atoms with Gasteiger partial charge in [-0.15, -0.1) is 0 Å². The average Bonchev–Trinajstić information content (AvgIpc) is 2.70. The fraction of sp³-hybridized carbons (Fsp3) is 0.400. The first-order valence-electron chi connectivity index (χ1n) is 4.84. The van der Waals surface area contributed by atoms with Crippen molar-refractivity contribution in [3.05, 3.63) is 23.7 Å². The smallest absolute Gasteiger partial charge is 0.371 e. The van der Waals surface area contributed by atoms with Gasteiger partial charge in [0.2, 0.25) is 11.7 Å². The molecule has 86 valence electrons. The van der Waals surface area contributed by atoms with E-state index in [0.29, 0.717) is 18.9 Å². The highest BCUT2D eigenvalue weighted by Gasteiger charge is 2.20. The third-order valence-electron chi connectivity index (χ3n) is 2.30. The topological polar surface area (TPSA) is 80.0 Å². The molecular weight excluding hydrogens is 214 g/mol. The standard InChI is InChI=1S/C10H11NO5/c12-9-6-15-4-3-11(9)5-7-1-2-8(16-7)10(13)14/h1-2H,3-6H2,(H,13,14). The van der Waals surface area contributed by atoms with E-state index in [2.05, 4.69) is 0 Å². The Bertz CT molecular complexity index is 411. The predicted molar refractivity (Wildman–Crippen MR) is 51.9 cm³/mol. The maximum atomic E-state index is 11.4. The molecule has 6 heteroatoms. The monoisotopic (exact) mass is 225 g/mol. The molecule has 1 fully saturated rings. The lowest BCUT2D eigenvalue weighted by Crippen LogP contribution is -2.40. The highest BCUT2D eigenvalue weighted by atomic mass is 16.5. The van der Waals surface area contributed by atoms with Gasteiger partial charge in [0, 0.05) is 6.54 Å². The zero-order valence-electron chi connectivity index (χ0n) is 8.51. The van der Waals surface area contributed by atoms with Crippen LogP contribution in [0.2, 0.25) is 0 Å². The Morgan fingerprint density at radius 2 is 2.31 bits per heavy atom. The van der Waals surface area contributed by atoms with Gasteiger partial charge in [0.25, 0.3) is 0 Å². The van der Waals surface area contributed by atoms with Crippen molar-refractivity contribution in [2.75, 3.05) is 19.8 Å². The van der Waals surface area contributed by atoms with Crippen LogP contribution in [0.3, 0.4) is 0 Å². The number of hydrogen-bond donors (Lipinski definition) is 1. The van der Waals surface area contributed by atoms with Crippen LogP contribution in [0.4, 0.5) is 0 Å². The van der Waals surface area contributed by atoms with Crippen molar-refractivity contribution in [3.63, 3.8) is 0 Å². The maximum Gasteiger partial charge on any atom is 0.371 e. The van der Waals surface area contributed by atoms with Gasteiger partial charge in [-0.25, -0.2) is 4.79 Å². The van der Waals surface area contributed by atoms with Crippen LogP contribution in [0, 0.1) is 0 Å². The third-order valence-corrected chi connectivity index (χ3v) is 2.30. The van der Waals surface area contributed by atoms with Gasteiger partial charge in [0.05, 0.1) is 13.2 Å². The number of carboxylic acids is 1.